The fourth-order valence-electron chi connectivity index (χ4n) is 5.63. The predicted octanol–water partition coefficient (Wildman–Crippen LogP) is 8.86. The fraction of sp³-hybridized carbons (Fsp3) is 0.273. The summed E-state index contributed by atoms with van der Waals surface area (Å²) < 4.78 is 41.0. The molecule has 0 aliphatic heterocycles. The third-order valence-electron chi connectivity index (χ3n) is 7.69. The summed E-state index contributed by atoms with van der Waals surface area (Å²) in [5.41, 5.74) is 9.81. The molecule has 0 radical (unpaired) electrons. The van der Waals surface area contributed by atoms with Gasteiger partial charge in [-0.3, -0.25) is 9.78 Å². The highest BCUT2D eigenvalue weighted by Gasteiger charge is 2.32. The van der Waals surface area contributed by atoms with Gasteiger partial charge in [-0.2, -0.15) is 13.2 Å². The molecule has 0 unspecified atom stereocenters. The van der Waals surface area contributed by atoms with Crippen LogP contribution in [0.15, 0.2) is 79.0 Å². The zero-order valence-corrected chi connectivity index (χ0v) is 22.6. The monoisotopic (exact) mass is 543 g/mol. The van der Waals surface area contributed by atoms with Crippen molar-refractivity contribution >= 4 is 27.7 Å². The Labute approximate surface area is 231 Å². The van der Waals surface area contributed by atoms with Gasteiger partial charge in [0.2, 0.25) is 5.91 Å². The molecule has 1 fully saturated rings. The molecule has 7 heteroatoms. The third kappa shape index (κ3) is 5.46. The Morgan fingerprint density at radius 1 is 0.925 bits per heavy atom. The molecule has 0 bridgehead atoms. The molecular weight excluding hydrogens is 511 g/mol. The van der Waals surface area contributed by atoms with Crippen LogP contribution in [0.2, 0.25) is 0 Å². The predicted molar refractivity (Wildman–Crippen MR) is 155 cm³/mol. The first-order valence-corrected chi connectivity index (χ1v) is 13.6. The van der Waals surface area contributed by atoms with Gasteiger partial charge in [-0.05, 0) is 60.4 Å². The zero-order chi connectivity index (χ0) is 28.4. The average molecular weight is 544 g/mol. The van der Waals surface area contributed by atoms with E-state index in [-0.39, 0.29) is 0 Å². The van der Waals surface area contributed by atoms with Crippen molar-refractivity contribution in [2.45, 2.75) is 52.1 Å². The minimum absolute atomic E-state index is 0.455. The maximum Gasteiger partial charge on any atom is 0.433 e. The second-order valence-electron chi connectivity index (χ2n) is 10.6. The number of fused-ring (bicyclic) bond motifs is 3. The van der Waals surface area contributed by atoms with Crippen LogP contribution in [0.4, 0.5) is 13.2 Å². The van der Waals surface area contributed by atoms with E-state index in [1.807, 2.05) is 61.5 Å². The number of rotatable bonds is 3. The van der Waals surface area contributed by atoms with E-state index in [2.05, 4.69) is 16.5 Å². The number of benzene rings is 3. The number of primary amides is 1. The number of hydrogen-bond acceptors (Lipinski definition) is 2. The van der Waals surface area contributed by atoms with Crippen molar-refractivity contribution in [2.75, 3.05) is 0 Å². The molecule has 1 saturated carbocycles. The number of pyridine rings is 1. The first kappa shape index (κ1) is 27.4. The molecule has 0 saturated heterocycles. The van der Waals surface area contributed by atoms with Gasteiger partial charge in [0, 0.05) is 33.8 Å². The molecule has 6 rings (SSSR count). The van der Waals surface area contributed by atoms with Gasteiger partial charge in [0.1, 0.15) is 5.69 Å². The third-order valence-corrected chi connectivity index (χ3v) is 7.69. The number of nitrogens with two attached hydrogens (primary N) is 1. The Morgan fingerprint density at radius 2 is 1.65 bits per heavy atom. The van der Waals surface area contributed by atoms with Crippen LogP contribution in [-0.2, 0) is 6.18 Å². The lowest BCUT2D eigenvalue weighted by molar-refractivity contribution is -0.141. The van der Waals surface area contributed by atoms with Gasteiger partial charge >= 0.3 is 6.18 Å². The smallest absolute Gasteiger partial charge is 0.366 e. The summed E-state index contributed by atoms with van der Waals surface area (Å²) in [4.78, 5) is 15.3. The molecule has 1 aliphatic rings. The second kappa shape index (κ2) is 11.2. The topological polar surface area (TPSA) is 60.9 Å². The van der Waals surface area contributed by atoms with E-state index in [9.17, 15) is 18.0 Å². The molecule has 4 nitrogen and oxygen atoms in total. The number of aryl methyl sites for hydroxylation is 1. The SMILES string of the molecule is CC1CCCCC1.Cc1cc(-n2c3ccccc3c3c(-c4ccc(C(F)(F)F)nc4)cccc32)ccc1C(N)=O. The Hall–Kier alpha value is -4.13. The Bertz CT molecular complexity index is 1660. The molecule has 3 aromatic carbocycles. The summed E-state index contributed by atoms with van der Waals surface area (Å²) >= 11 is 0. The Balaban J connectivity index is 0.000000403. The Morgan fingerprint density at radius 3 is 2.25 bits per heavy atom. The van der Waals surface area contributed by atoms with Gasteiger partial charge < -0.3 is 10.3 Å². The number of halogens is 3. The highest BCUT2D eigenvalue weighted by Crippen LogP contribution is 2.39. The lowest BCUT2D eigenvalue weighted by Gasteiger charge is -2.15. The lowest BCUT2D eigenvalue weighted by Crippen LogP contribution is -2.12. The van der Waals surface area contributed by atoms with E-state index in [0.29, 0.717) is 11.1 Å². The highest BCUT2D eigenvalue weighted by molar-refractivity contribution is 6.15. The molecule has 2 aromatic heterocycles. The van der Waals surface area contributed by atoms with Crippen LogP contribution in [0.1, 0.15) is 60.6 Å². The molecule has 5 aromatic rings. The Kier molecular flexibility index (Phi) is 7.66. The van der Waals surface area contributed by atoms with E-state index in [1.54, 1.807) is 6.07 Å². The van der Waals surface area contributed by atoms with Crippen molar-refractivity contribution in [1.29, 1.82) is 0 Å². The van der Waals surface area contributed by atoms with Crippen LogP contribution < -0.4 is 5.73 Å². The number of para-hydroxylation sites is 1. The van der Waals surface area contributed by atoms with Gasteiger partial charge in [-0.15, -0.1) is 0 Å². The minimum atomic E-state index is -4.49. The van der Waals surface area contributed by atoms with E-state index in [0.717, 1.165) is 50.6 Å². The molecule has 2 N–H and O–H groups in total. The first-order valence-electron chi connectivity index (χ1n) is 13.6. The van der Waals surface area contributed by atoms with Crippen molar-refractivity contribution < 1.29 is 18.0 Å². The van der Waals surface area contributed by atoms with Crippen LogP contribution in [0.3, 0.4) is 0 Å². The summed E-state index contributed by atoms with van der Waals surface area (Å²) in [6.07, 6.45) is 4.21. The summed E-state index contributed by atoms with van der Waals surface area (Å²) in [5.74, 6) is 0.548. The number of alkyl halides is 3. The van der Waals surface area contributed by atoms with Crippen molar-refractivity contribution in [3.05, 3.63) is 95.8 Å². The molecule has 0 spiro atoms. The molecule has 40 heavy (non-hydrogen) atoms. The molecule has 0 atom stereocenters. The largest absolute Gasteiger partial charge is 0.433 e. The molecule has 206 valence electrons. The van der Waals surface area contributed by atoms with Crippen LogP contribution in [0, 0.1) is 12.8 Å². The summed E-state index contributed by atoms with van der Waals surface area (Å²) in [6.45, 7) is 4.19. The van der Waals surface area contributed by atoms with E-state index in [4.69, 9.17) is 5.73 Å². The molecule has 1 aliphatic carbocycles. The van der Waals surface area contributed by atoms with Gasteiger partial charge in [0.05, 0.1) is 11.0 Å². The van der Waals surface area contributed by atoms with Crippen molar-refractivity contribution in [1.82, 2.24) is 9.55 Å². The standard InChI is InChI=1S/C26H18F3N3O.C7H14/c1-15-13-17(10-11-18(15)25(30)33)32-21-7-3-2-5-20(21)24-19(6-4-8-22(24)32)16-9-12-23(31-14-16)26(27,28)29;1-7-5-3-2-4-6-7/h2-14H,1H3,(H2,30,33);7H,2-6H2,1H3. The van der Waals surface area contributed by atoms with Crippen LogP contribution >= 0.6 is 0 Å². The molecular formula is C33H32F3N3O. The van der Waals surface area contributed by atoms with E-state index in [1.165, 1.54) is 44.4 Å². The lowest BCUT2D eigenvalue weighted by atomic mass is 9.91. The number of amides is 1. The number of hydrogen-bond donors (Lipinski definition) is 1. The van der Waals surface area contributed by atoms with Crippen molar-refractivity contribution in [3.8, 4) is 16.8 Å². The average Bonchev–Trinajstić information content (AvgIpc) is 3.28. The van der Waals surface area contributed by atoms with Gasteiger partial charge in [0.15, 0.2) is 0 Å². The summed E-state index contributed by atoms with van der Waals surface area (Å²) in [6, 6.07) is 21.4. The van der Waals surface area contributed by atoms with Gasteiger partial charge in [0.25, 0.3) is 0 Å². The molecule has 1 amide bonds. The fourth-order valence-corrected chi connectivity index (χ4v) is 5.63. The normalized spacial score (nSPS) is 14.2. The first-order chi connectivity index (χ1) is 19.1. The number of nitrogens with zero attached hydrogens (tertiary/aromatic N) is 2. The van der Waals surface area contributed by atoms with E-state index < -0.39 is 17.8 Å². The highest BCUT2D eigenvalue weighted by atomic mass is 19.4. The summed E-state index contributed by atoms with van der Waals surface area (Å²) in [7, 11) is 0. The number of aromatic nitrogens is 2. The summed E-state index contributed by atoms with van der Waals surface area (Å²) in [5, 5.41) is 1.87. The van der Waals surface area contributed by atoms with Crippen LogP contribution in [-0.4, -0.2) is 15.5 Å². The minimum Gasteiger partial charge on any atom is -0.366 e. The maximum absolute atomic E-state index is 13.0. The van der Waals surface area contributed by atoms with Crippen LogP contribution in [0.25, 0.3) is 38.6 Å². The number of carbonyl (C=O) groups excluding carboxylic acids is 1. The van der Waals surface area contributed by atoms with Crippen molar-refractivity contribution in [2.24, 2.45) is 11.7 Å². The van der Waals surface area contributed by atoms with Crippen molar-refractivity contribution in [3.63, 3.8) is 0 Å². The number of carbonyl (C=O) groups is 1. The van der Waals surface area contributed by atoms with Gasteiger partial charge in [-0.25, -0.2) is 0 Å². The second-order valence-corrected chi connectivity index (χ2v) is 10.6. The zero-order valence-electron chi connectivity index (χ0n) is 22.6. The van der Waals surface area contributed by atoms with Crippen LogP contribution in [0.5, 0.6) is 0 Å². The molecule has 2 heterocycles. The van der Waals surface area contributed by atoms with Gasteiger partial charge in [-0.1, -0.05) is 75.4 Å². The maximum atomic E-state index is 13.0. The van der Waals surface area contributed by atoms with E-state index >= 15 is 0 Å². The quantitative estimate of drug-likeness (QED) is 0.247.